The SMILES string of the molecule is CCC(NC(=O)CCc1ccc(Br)cc1)C(=O)O. The van der Waals surface area contributed by atoms with E-state index in [1.54, 1.807) is 6.92 Å². The van der Waals surface area contributed by atoms with Crippen molar-refractivity contribution in [3.8, 4) is 0 Å². The lowest BCUT2D eigenvalue weighted by atomic mass is 10.1. The second-order valence-electron chi connectivity index (χ2n) is 3.99. The minimum atomic E-state index is -0.991. The van der Waals surface area contributed by atoms with Crippen molar-refractivity contribution in [3.63, 3.8) is 0 Å². The smallest absolute Gasteiger partial charge is 0.326 e. The highest BCUT2D eigenvalue weighted by molar-refractivity contribution is 9.10. The summed E-state index contributed by atoms with van der Waals surface area (Å²) in [7, 11) is 0. The van der Waals surface area contributed by atoms with Crippen LogP contribution in [0.5, 0.6) is 0 Å². The van der Waals surface area contributed by atoms with Crippen LogP contribution in [0.1, 0.15) is 25.3 Å². The van der Waals surface area contributed by atoms with Gasteiger partial charge in [-0.2, -0.15) is 0 Å². The molecule has 1 amide bonds. The Morgan fingerprint density at radius 1 is 1.33 bits per heavy atom. The van der Waals surface area contributed by atoms with Crippen molar-refractivity contribution < 1.29 is 14.7 Å². The van der Waals surface area contributed by atoms with Crippen LogP contribution >= 0.6 is 15.9 Å². The lowest BCUT2D eigenvalue weighted by Crippen LogP contribution is -2.40. The largest absolute Gasteiger partial charge is 0.480 e. The Hall–Kier alpha value is -1.36. The second-order valence-corrected chi connectivity index (χ2v) is 4.91. The average molecular weight is 314 g/mol. The summed E-state index contributed by atoms with van der Waals surface area (Å²) >= 11 is 3.34. The first kappa shape index (κ1) is 14.7. The van der Waals surface area contributed by atoms with Gasteiger partial charge in [-0.3, -0.25) is 4.79 Å². The Kier molecular flexibility index (Phi) is 5.85. The number of carbonyl (C=O) groups excluding carboxylic acids is 1. The highest BCUT2D eigenvalue weighted by atomic mass is 79.9. The molecular weight excluding hydrogens is 298 g/mol. The van der Waals surface area contributed by atoms with Crippen molar-refractivity contribution in [1.29, 1.82) is 0 Å². The standard InChI is InChI=1S/C13H16BrNO3/c1-2-11(13(17)18)15-12(16)8-5-9-3-6-10(14)7-4-9/h3-4,6-7,11H,2,5,8H2,1H3,(H,15,16)(H,17,18). The van der Waals surface area contributed by atoms with Crippen molar-refractivity contribution in [2.75, 3.05) is 0 Å². The van der Waals surface area contributed by atoms with E-state index in [1.807, 2.05) is 24.3 Å². The van der Waals surface area contributed by atoms with E-state index in [0.29, 0.717) is 19.3 Å². The van der Waals surface area contributed by atoms with Gasteiger partial charge in [0.05, 0.1) is 0 Å². The fourth-order valence-electron chi connectivity index (χ4n) is 1.51. The van der Waals surface area contributed by atoms with Gasteiger partial charge in [0, 0.05) is 10.9 Å². The molecule has 5 heteroatoms. The Balaban J connectivity index is 2.41. The third-order valence-corrected chi connectivity index (χ3v) is 3.12. The summed E-state index contributed by atoms with van der Waals surface area (Å²) in [5.41, 5.74) is 1.05. The molecule has 1 rings (SSSR count). The minimum Gasteiger partial charge on any atom is -0.480 e. The van der Waals surface area contributed by atoms with E-state index in [1.165, 1.54) is 0 Å². The summed E-state index contributed by atoms with van der Waals surface area (Å²) in [5, 5.41) is 11.3. The maximum Gasteiger partial charge on any atom is 0.326 e. The van der Waals surface area contributed by atoms with Crippen LogP contribution in [0.2, 0.25) is 0 Å². The molecule has 0 aromatic heterocycles. The van der Waals surface area contributed by atoms with Crippen molar-refractivity contribution in [1.82, 2.24) is 5.32 Å². The molecule has 0 heterocycles. The zero-order chi connectivity index (χ0) is 13.5. The summed E-state index contributed by atoms with van der Waals surface area (Å²) in [6.45, 7) is 1.73. The van der Waals surface area contributed by atoms with Gasteiger partial charge in [-0.1, -0.05) is 35.0 Å². The lowest BCUT2D eigenvalue weighted by molar-refractivity contribution is -0.141. The Bertz CT molecular complexity index is 417. The van der Waals surface area contributed by atoms with Gasteiger partial charge in [0.1, 0.15) is 6.04 Å². The third kappa shape index (κ3) is 4.87. The van der Waals surface area contributed by atoms with Crippen LogP contribution in [0, 0.1) is 0 Å². The van der Waals surface area contributed by atoms with Crippen LogP contribution in [0.4, 0.5) is 0 Å². The number of rotatable bonds is 6. The van der Waals surface area contributed by atoms with Crippen LogP contribution in [0.25, 0.3) is 0 Å². The number of halogens is 1. The van der Waals surface area contributed by atoms with E-state index in [9.17, 15) is 9.59 Å². The quantitative estimate of drug-likeness (QED) is 0.847. The van der Waals surface area contributed by atoms with Crippen molar-refractivity contribution in [3.05, 3.63) is 34.3 Å². The molecule has 98 valence electrons. The van der Waals surface area contributed by atoms with Crippen molar-refractivity contribution in [2.24, 2.45) is 0 Å². The monoisotopic (exact) mass is 313 g/mol. The van der Waals surface area contributed by atoms with Crippen LogP contribution in [-0.4, -0.2) is 23.0 Å². The first-order valence-electron chi connectivity index (χ1n) is 5.79. The van der Waals surface area contributed by atoms with Crippen LogP contribution < -0.4 is 5.32 Å². The molecule has 2 N–H and O–H groups in total. The number of carboxylic acid groups (broad SMARTS) is 1. The molecule has 0 saturated heterocycles. The lowest BCUT2D eigenvalue weighted by Gasteiger charge is -2.12. The van der Waals surface area contributed by atoms with Crippen LogP contribution in [-0.2, 0) is 16.0 Å². The number of carbonyl (C=O) groups is 2. The zero-order valence-electron chi connectivity index (χ0n) is 10.1. The van der Waals surface area contributed by atoms with Gasteiger partial charge in [-0.15, -0.1) is 0 Å². The van der Waals surface area contributed by atoms with Crippen molar-refractivity contribution in [2.45, 2.75) is 32.2 Å². The van der Waals surface area contributed by atoms with Crippen LogP contribution in [0.15, 0.2) is 28.7 Å². The maximum atomic E-state index is 11.6. The molecule has 18 heavy (non-hydrogen) atoms. The Morgan fingerprint density at radius 3 is 2.44 bits per heavy atom. The van der Waals surface area contributed by atoms with Gasteiger partial charge in [-0.05, 0) is 30.5 Å². The first-order valence-corrected chi connectivity index (χ1v) is 6.59. The normalized spacial score (nSPS) is 11.9. The van der Waals surface area contributed by atoms with E-state index in [4.69, 9.17) is 5.11 Å². The first-order chi connectivity index (χ1) is 8.52. The highest BCUT2D eigenvalue weighted by Crippen LogP contribution is 2.11. The molecule has 4 nitrogen and oxygen atoms in total. The maximum absolute atomic E-state index is 11.6. The van der Waals surface area contributed by atoms with E-state index in [2.05, 4.69) is 21.2 Å². The molecule has 0 aliphatic carbocycles. The number of benzene rings is 1. The second kappa shape index (κ2) is 7.16. The molecule has 0 spiro atoms. The third-order valence-electron chi connectivity index (χ3n) is 2.60. The number of aliphatic carboxylic acids is 1. The van der Waals surface area contributed by atoms with E-state index < -0.39 is 12.0 Å². The van der Waals surface area contributed by atoms with Crippen molar-refractivity contribution >= 4 is 27.8 Å². The predicted molar refractivity (Wildman–Crippen MR) is 72.3 cm³/mol. The van der Waals surface area contributed by atoms with Gasteiger partial charge >= 0.3 is 5.97 Å². The molecule has 1 aromatic carbocycles. The summed E-state index contributed by atoms with van der Waals surface area (Å²) in [6.07, 6.45) is 1.29. The number of hydrogen-bond acceptors (Lipinski definition) is 2. The van der Waals surface area contributed by atoms with E-state index in [-0.39, 0.29) is 5.91 Å². The number of amides is 1. The van der Waals surface area contributed by atoms with Gasteiger partial charge < -0.3 is 10.4 Å². The summed E-state index contributed by atoms with van der Waals surface area (Å²) < 4.78 is 0.993. The molecule has 0 fully saturated rings. The number of carboxylic acids is 1. The number of aryl methyl sites for hydroxylation is 1. The molecule has 1 aromatic rings. The zero-order valence-corrected chi connectivity index (χ0v) is 11.7. The van der Waals surface area contributed by atoms with Gasteiger partial charge in [0.15, 0.2) is 0 Å². The molecule has 0 aliphatic heterocycles. The van der Waals surface area contributed by atoms with Gasteiger partial charge in [0.25, 0.3) is 0 Å². The van der Waals surface area contributed by atoms with E-state index in [0.717, 1.165) is 10.0 Å². The molecule has 0 bridgehead atoms. The fraction of sp³-hybridized carbons (Fsp3) is 0.385. The molecular formula is C13H16BrNO3. The summed E-state index contributed by atoms with van der Waals surface area (Å²) in [5.74, 6) is -1.22. The molecule has 0 radical (unpaired) electrons. The number of hydrogen-bond donors (Lipinski definition) is 2. The molecule has 0 aliphatic rings. The molecule has 1 unspecified atom stereocenters. The summed E-state index contributed by atoms with van der Waals surface area (Å²) in [6, 6.07) is 6.92. The molecule has 1 atom stereocenters. The fourth-order valence-corrected chi connectivity index (χ4v) is 1.78. The highest BCUT2D eigenvalue weighted by Gasteiger charge is 2.16. The molecule has 0 saturated carbocycles. The Labute approximate surface area is 115 Å². The average Bonchev–Trinajstić information content (AvgIpc) is 2.35. The topological polar surface area (TPSA) is 66.4 Å². The Morgan fingerprint density at radius 2 is 1.94 bits per heavy atom. The minimum absolute atomic E-state index is 0.229. The predicted octanol–water partition coefficient (Wildman–Crippen LogP) is 2.36. The van der Waals surface area contributed by atoms with Gasteiger partial charge in [-0.25, -0.2) is 4.79 Å². The van der Waals surface area contributed by atoms with E-state index >= 15 is 0 Å². The summed E-state index contributed by atoms with van der Waals surface area (Å²) in [4.78, 5) is 22.3. The van der Waals surface area contributed by atoms with Gasteiger partial charge in [0.2, 0.25) is 5.91 Å². The van der Waals surface area contributed by atoms with Crippen LogP contribution in [0.3, 0.4) is 0 Å². The number of nitrogens with one attached hydrogen (secondary N) is 1.